The lowest BCUT2D eigenvalue weighted by Crippen LogP contribution is -2.14. The quantitative estimate of drug-likeness (QED) is 0.864. The number of nitrogens with one attached hydrogen (secondary N) is 1. The van der Waals surface area contributed by atoms with Gasteiger partial charge in [0.2, 0.25) is 0 Å². The van der Waals surface area contributed by atoms with E-state index >= 15 is 0 Å². The maximum Gasteiger partial charge on any atom is 0.138 e. The van der Waals surface area contributed by atoms with Gasteiger partial charge in [-0.2, -0.15) is 0 Å². The predicted octanol–water partition coefficient (Wildman–Crippen LogP) is 2.39. The molecule has 1 aromatic carbocycles. The fraction of sp³-hybridized carbons (Fsp3) is 0.267. The maximum absolute atomic E-state index is 9.69. The lowest BCUT2D eigenvalue weighted by Gasteiger charge is -2.08. The smallest absolute Gasteiger partial charge is 0.138 e. The molecule has 0 aliphatic rings. The van der Waals surface area contributed by atoms with E-state index in [1.165, 1.54) is 0 Å². The molecule has 0 saturated carbocycles. The van der Waals surface area contributed by atoms with E-state index in [2.05, 4.69) is 10.3 Å². The molecule has 2 rings (SSSR count). The van der Waals surface area contributed by atoms with E-state index in [-0.39, 0.29) is 5.75 Å². The number of aryl methyl sites for hydroxylation is 1. The summed E-state index contributed by atoms with van der Waals surface area (Å²) in [7, 11) is 1.65. The average Bonchev–Trinajstić information content (AvgIpc) is 2.43. The molecular formula is C15H18N2O2. The molecule has 0 spiro atoms. The van der Waals surface area contributed by atoms with Gasteiger partial charge in [-0.05, 0) is 36.8 Å². The Morgan fingerprint density at radius 3 is 2.84 bits per heavy atom. The van der Waals surface area contributed by atoms with Gasteiger partial charge in [0.05, 0.1) is 12.8 Å². The van der Waals surface area contributed by atoms with Crippen LogP contribution in [-0.4, -0.2) is 17.2 Å². The van der Waals surface area contributed by atoms with Crippen molar-refractivity contribution in [2.45, 2.75) is 20.0 Å². The second-order valence-electron chi connectivity index (χ2n) is 4.37. The lowest BCUT2D eigenvalue weighted by molar-refractivity contribution is 0.414. The second kappa shape index (κ2) is 6.20. The van der Waals surface area contributed by atoms with Crippen molar-refractivity contribution in [3.63, 3.8) is 0 Å². The Morgan fingerprint density at radius 1 is 1.21 bits per heavy atom. The predicted molar refractivity (Wildman–Crippen MR) is 74.2 cm³/mol. The van der Waals surface area contributed by atoms with Crippen molar-refractivity contribution in [2.75, 3.05) is 7.11 Å². The van der Waals surface area contributed by atoms with Crippen LogP contribution >= 0.6 is 0 Å². The molecule has 19 heavy (non-hydrogen) atoms. The van der Waals surface area contributed by atoms with Crippen LogP contribution in [0.4, 0.5) is 0 Å². The standard InChI is InChI=1S/C15H18N2O2/c1-11-6-7-15(18)14(17-11)10-16-9-12-4-3-5-13(8-12)19-2/h3-8,16,18H,9-10H2,1-2H3. The number of hydrogen-bond donors (Lipinski definition) is 2. The topological polar surface area (TPSA) is 54.4 Å². The second-order valence-corrected chi connectivity index (χ2v) is 4.37. The number of hydrogen-bond acceptors (Lipinski definition) is 4. The zero-order valence-corrected chi connectivity index (χ0v) is 11.2. The molecule has 0 saturated heterocycles. The Kier molecular flexibility index (Phi) is 4.36. The van der Waals surface area contributed by atoms with Gasteiger partial charge in [-0.25, -0.2) is 0 Å². The first-order valence-electron chi connectivity index (χ1n) is 6.18. The van der Waals surface area contributed by atoms with E-state index in [9.17, 15) is 5.11 Å². The summed E-state index contributed by atoms with van der Waals surface area (Å²) in [4.78, 5) is 4.30. The molecule has 0 bridgehead atoms. The summed E-state index contributed by atoms with van der Waals surface area (Å²) in [6, 6.07) is 11.3. The highest BCUT2D eigenvalue weighted by atomic mass is 16.5. The number of aromatic nitrogens is 1. The minimum absolute atomic E-state index is 0.226. The summed E-state index contributed by atoms with van der Waals surface area (Å²) in [6.45, 7) is 3.14. The van der Waals surface area contributed by atoms with E-state index in [1.807, 2.05) is 31.2 Å². The summed E-state index contributed by atoms with van der Waals surface area (Å²) in [5.74, 6) is 1.07. The van der Waals surface area contributed by atoms with Crippen molar-refractivity contribution < 1.29 is 9.84 Å². The van der Waals surface area contributed by atoms with Crippen LogP contribution < -0.4 is 10.1 Å². The van der Waals surface area contributed by atoms with Crippen molar-refractivity contribution in [3.05, 3.63) is 53.3 Å². The molecule has 1 heterocycles. The fourth-order valence-electron chi connectivity index (χ4n) is 1.84. The summed E-state index contributed by atoms with van der Waals surface area (Å²) in [6.07, 6.45) is 0. The molecular weight excluding hydrogens is 240 g/mol. The zero-order chi connectivity index (χ0) is 13.7. The molecule has 4 nitrogen and oxygen atoms in total. The minimum Gasteiger partial charge on any atom is -0.506 e. The molecule has 0 unspecified atom stereocenters. The highest BCUT2D eigenvalue weighted by Gasteiger charge is 2.03. The van der Waals surface area contributed by atoms with Gasteiger partial charge in [0.25, 0.3) is 0 Å². The first-order chi connectivity index (χ1) is 9.19. The van der Waals surface area contributed by atoms with Gasteiger partial charge in [0.15, 0.2) is 0 Å². The third-order valence-corrected chi connectivity index (χ3v) is 2.85. The van der Waals surface area contributed by atoms with Crippen LogP contribution in [-0.2, 0) is 13.1 Å². The number of rotatable bonds is 5. The Balaban J connectivity index is 1.94. The van der Waals surface area contributed by atoms with E-state index in [1.54, 1.807) is 19.2 Å². The van der Waals surface area contributed by atoms with E-state index in [4.69, 9.17) is 4.74 Å². The molecule has 2 N–H and O–H groups in total. The van der Waals surface area contributed by atoms with Crippen LogP contribution in [0.25, 0.3) is 0 Å². The number of methoxy groups -OCH3 is 1. The lowest BCUT2D eigenvalue weighted by atomic mass is 10.2. The molecule has 100 valence electrons. The number of nitrogens with zero attached hydrogens (tertiary/aromatic N) is 1. The van der Waals surface area contributed by atoms with Crippen LogP contribution in [0.15, 0.2) is 36.4 Å². The van der Waals surface area contributed by atoms with E-state index in [0.717, 1.165) is 17.0 Å². The number of pyridine rings is 1. The Bertz CT molecular complexity index is 556. The third-order valence-electron chi connectivity index (χ3n) is 2.85. The third kappa shape index (κ3) is 3.69. The largest absolute Gasteiger partial charge is 0.506 e. The summed E-state index contributed by atoms with van der Waals surface area (Å²) >= 11 is 0. The molecule has 0 atom stereocenters. The van der Waals surface area contributed by atoms with Crippen molar-refractivity contribution in [2.24, 2.45) is 0 Å². The molecule has 0 radical (unpaired) electrons. The van der Waals surface area contributed by atoms with Gasteiger partial charge < -0.3 is 15.2 Å². The van der Waals surface area contributed by atoms with Gasteiger partial charge in [-0.1, -0.05) is 12.1 Å². The molecule has 0 fully saturated rings. The zero-order valence-electron chi connectivity index (χ0n) is 11.2. The SMILES string of the molecule is COc1cccc(CNCc2nc(C)ccc2O)c1. The minimum atomic E-state index is 0.226. The van der Waals surface area contributed by atoms with Crippen LogP contribution in [0.3, 0.4) is 0 Å². The molecule has 4 heteroatoms. The Labute approximate surface area is 113 Å². The van der Waals surface area contributed by atoms with Crippen molar-refractivity contribution in [1.29, 1.82) is 0 Å². The van der Waals surface area contributed by atoms with Crippen LogP contribution in [0.2, 0.25) is 0 Å². The maximum atomic E-state index is 9.69. The highest BCUT2D eigenvalue weighted by molar-refractivity contribution is 5.29. The van der Waals surface area contributed by atoms with Crippen LogP contribution in [0.1, 0.15) is 17.0 Å². The Hall–Kier alpha value is -2.07. The molecule has 2 aromatic rings. The monoisotopic (exact) mass is 258 g/mol. The van der Waals surface area contributed by atoms with Gasteiger partial charge in [-0.15, -0.1) is 0 Å². The fourth-order valence-corrected chi connectivity index (χ4v) is 1.84. The molecule has 0 amide bonds. The van der Waals surface area contributed by atoms with Crippen molar-refractivity contribution in [3.8, 4) is 11.5 Å². The van der Waals surface area contributed by atoms with Crippen molar-refractivity contribution in [1.82, 2.24) is 10.3 Å². The van der Waals surface area contributed by atoms with Crippen LogP contribution in [0, 0.1) is 6.92 Å². The summed E-state index contributed by atoms with van der Waals surface area (Å²) < 4.78 is 5.17. The molecule has 0 aliphatic heterocycles. The van der Waals surface area contributed by atoms with E-state index < -0.39 is 0 Å². The summed E-state index contributed by atoms with van der Waals surface area (Å²) in [5.41, 5.74) is 2.70. The van der Waals surface area contributed by atoms with Gasteiger partial charge in [0, 0.05) is 18.8 Å². The van der Waals surface area contributed by atoms with Gasteiger partial charge >= 0.3 is 0 Å². The van der Waals surface area contributed by atoms with Crippen LogP contribution in [0.5, 0.6) is 11.5 Å². The van der Waals surface area contributed by atoms with E-state index in [0.29, 0.717) is 18.8 Å². The highest BCUT2D eigenvalue weighted by Crippen LogP contribution is 2.15. The van der Waals surface area contributed by atoms with Gasteiger partial charge in [-0.3, -0.25) is 4.98 Å². The Morgan fingerprint density at radius 2 is 2.05 bits per heavy atom. The van der Waals surface area contributed by atoms with Gasteiger partial charge in [0.1, 0.15) is 11.5 Å². The first-order valence-corrected chi connectivity index (χ1v) is 6.18. The summed E-state index contributed by atoms with van der Waals surface area (Å²) in [5, 5.41) is 13.0. The van der Waals surface area contributed by atoms with Crippen molar-refractivity contribution >= 4 is 0 Å². The number of benzene rings is 1. The first kappa shape index (κ1) is 13.4. The molecule has 0 aliphatic carbocycles. The number of aromatic hydroxyl groups is 1. The normalized spacial score (nSPS) is 10.4. The number of ether oxygens (including phenoxy) is 1. The molecule has 1 aromatic heterocycles. The average molecular weight is 258 g/mol.